The molecule has 0 fully saturated rings. The first-order chi connectivity index (χ1) is 13.6. The minimum atomic E-state index is -0.423. The van der Waals surface area contributed by atoms with E-state index in [2.05, 4.69) is 20.2 Å². The Kier molecular flexibility index (Phi) is 4.53. The summed E-state index contributed by atoms with van der Waals surface area (Å²) in [5.41, 5.74) is 3.33. The highest BCUT2D eigenvalue weighted by Crippen LogP contribution is 2.23. The number of ether oxygens (including phenoxy) is 1. The number of fused-ring (bicyclic) bond motifs is 1. The molecule has 0 unspecified atom stereocenters. The summed E-state index contributed by atoms with van der Waals surface area (Å²) in [6.07, 6.45) is 3.30. The Hall–Kier alpha value is -3.68. The van der Waals surface area contributed by atoms with E-state index < -0.39 is 5.97 Å². The maximum Gasteiger partial charge on any atom is 0.338 e. The highest BCUT2D eigenvalue weighted by molar-refractivity contribution is 6.42. The molecule has 28 heavy (non-hydrogen) atoms. The van der Waals surface area contributed by atoms with E-state index >= 15 is 0 Å². The SMILES string of the molecule is [B]c1c(-c2cc(-c3ccncc3)n[nH]c2=O)[nH]c2ccc(C(=O)OCC)cc12. The third kappa shape index (κ3) is 3.09. The molecule has 0 amide bonds. The summed E-state index contributed by atoms with van der Waals surface area (Å²) >= 11 is 0. The van der Waals surface area contributed by atoms with Gasteiger partial charge in [-0.2, -0.15) is 5.10 Å². The number of carbonyl (C=O) groups excluding carboxylic acids is 1. The van der Waals surface area contributed by atoms with Crippen LogP contribution in [0.5, 0.6) is 0 Å². The van der Waals surface area contributed by atoms with Crippen LogP contribution in [-0.4, -0.2) is 40.6 Å². The second-order valence-electron chi connectivity index (χ2n) is 6.13. The van der Waals surface area contributed by atoms with Crippen LogP contribution in [-0.2, 0) is 4.74 Å². The van der Waals surface area contributed by atoms with E-state index in [-0.39, 0.29) is 12.2 Å². The lowest BCUT2D eigenvalue weighted by molar-refractivity contribution is 0.0526. The lowest BCUT2D eigenvalue weighted by Gasteiger charge is -2.04. The number of rotatable bonds is 4. The Bertz CT molecular complexity index is 1230. The standard InChI is InChI=1S/C20H15BN4O3/c1-2-28-20(27)12-3-4-15-13(9-12)17(21)18(23-15)14-10-16(24-25-19(14)26)11-5-7-22-8-6-11/h3-10,23H,2H2,1H3,(H,25,26). The Morgan fingerprint density at radius 1 is 1.18 bits per heavy atom. The summed E-state index contributed by atoms with van der Waals surface area (Å²) in [6.45, 7) is 2.03. The Labute approximate surface area is 161 Å². The van der Waals surface area contributed by atoms with Gasteiger partial charge in [0.25, 0.3) is 5.56 Å². The molecule has 4 rings (SSSR count). The molecule has 4 aromatic rings. The first-order valence-electron chi connectivity index (χ1n) is 8.67. The Morgan fingerprint density at radius 3 is 2.71 bits per heavy atom. The summed E-state index contributed by atoms with van der Waals surface area (Å²) in [6, 6.07) is 10.3. The Balaban J connectivity index is 1.84. The van der Waals surface area contributed by atoms with Crippen molar-refractivity contribution in [2.24, 2.45) is 0 Å². The summed E-state index contributed by atoms with van der Waals surface area (Å²) in [7, 11) is 6.31. The van der Waals surface area contributed by atoms with Crippen LogP contribution in [0.1, 0.15) is 17.3 Å². The Morgan fingerprint density at radius 2 is 1.96 bits per heavy atom. The van der Waals surface area contributed by atoms with E-state index in [0.29, 0.717) is 38.9 Å². The van der Waals surface area contributed by atoms with E-state index in [1.54, 1.807) is 55.7 Å². The second-order valence-corrected chi connectivity index (χ2v) is 6.13. The summed E-state index contributed by atoms with van der Waals surface area (Å²) < 4.78 is 5.03. The molecular weight excluding hydrogens is 355 g/mol. The molecule has 0 aliphatic heterocycles. The van der Waals surface area contributed by atoms with Crippen LogP contribution in [0.25, 0.3) is 33.4 Å². The maximum absolute atomic E-state index is 12.4. The van der Waals surface area contributed by atoms with E-state index in [1.165, 1.54) is 0 Å². The molecule has 2 N–H and O–H groups in total. The fraction of sp³-hybridized carbons (Fsp3) is 0.100. The second kappa shape index (κ2) is 7.15. The van der Waals surface area contributed by atoms with Gasteiger partial charge in [0.1, 0.15) is 7.85 Å². The molecule has 8 heteroatoms. The van der Waals surface area contributed by atoms with E-state index in [4.69, 9.17) is 12.6 Å². The van der Waals surface area contributed by atoms with Crippen molar-refractivity contribution in [2.45, 2.75) is 6.92 Å². The third-order valence-electron chi connectivity index (χ3n) is 4.40. The molecule has 2 radical (unpaired) electrons. The quantitative estimate of drug-likeness (QED) is 0.423. The van der Waals surface area contributed by atoms with Crippen molar-refractivity contribution < 1.29 is 9.53 Å². The zero-order chi connectivity index (χ0) is 19.7. The molecule has 0 bridgehead atoms. The molecule has 3 aromatic heterocycles. The van der Waals surface area contributed by atoms with Crippen LogP contribution in [0.15, 0.2) is 53.6 Å². The van der Waals surface area contributed by atoms with Gasteiger partial charge in [0.05, 0.1) is 23.4 Å². The zero-order valence-corrected chi connectivity index (χ0v) is 15.0. The molecule has 0 saturated heterocycles. The topological polar surface area (TPSA) is 101 Å². The van der Waals surface area contributed by atoms with Crippen LogP contribution < -0.4 is 11.0 Å². The van der Waals surface area contributed by atoms with Crippen LogP contribution in [0.4, 0.5) is 0 Å². The summed E-state index contributed by atoms with van der Waals surface area (Å²) in [4.78, 5) is 31.5. The molecule has 0 aliphatic carbocycles. The number of esters is 1. The van der Waals surface area contributed by atoms with E-state index in [0.717, 1.165) is 5.56 Å². The number of H-pyrrole nitrogens is 2. The number of hydrogen-bond acceptors (Lipinski definition) is 5. The molecule has 136 valence electrons. The predicted octanol–water partition coefficient (Wildman–Crippen LogP) is 1.95. The van der Waals surface area contributed by atoms with Gasteiger partial charge in [0.15, 0.2) is 0 Å². The monoisotopic (exact) mass is 370 g/mol. The van der Waals surface area contributed by atoms with Gasteiger partial charge in [0.2, 0.25) is 0 Å². The normalized spacial score (nSPS) is 10.9. The number of hydrogen-bond donors (Lipinski definition) is 2. The number of nitrogens with one attached hydrogen (secondary N) is 2. The lowest BCUT2D eigenvalue weighted by atomic mass is 9.89. The smallest absolute Gasteiger partial charge is 0.338 e. The highest BCUT2D eigenvalue weighted by Gasteiger charge is 2.16. The minimum Gasteiger partial charge on any atom is -0.462 e. The van der Waals surface area contributed by atoms with Gasteiger partial charge in [-0.25, -0.2) is 9.89 Å². The van der Waals surface area contributed by atoms with E-state index in [1.807, 2.05) is 0 Å². The van der Waals surface area contributed by atoms with Crippen LogP contribution >= 0.6 is 0 Å². The van der Waals surface area contributed by atoms with Gasteiger partial charge in [-0.1, -0.05) is 5.46 Å². The van der Waals surface area contributed by atoms with Gasteiger partial charge in [-0.05, 0) is 48.7 Å². The van der Waals surface area contributed by atoms with Gasteiger partial charge in [0, 0.05) is 29.2 Å². The molecule has 0 spiro atoms. The third-order valence-corrected chi connectivity index (χ3v) is 4.40. The van der Waals surface area contributed by atoms with Gasteiger partial charge in [-0.15, -0.1) is 0 Å². The van der Waals surface area contributed by atoms with Crippen molar-refractivity contribution in [2.75, 3.05) is 6.61 Å². The average Bonchev–Trinajstić information content (AvgIpc) is 3.05. The zero-order valence-electron chi connectivity index (χ0n) is 15.0. The van der Waals surface area contributed by atoms with Crippen molar-refractivity contribution in [3.8, 4) is 22.5 Å². The van der Waals surface area contributed by atoms with Crippen LogP contribution in [0, 0.1) is 0 Å². The van der Waals surface area contributed by atoms with Gasteiger partial charge >= 0.3 is 5.97 Å². The fourth-order valence-electron chi connectivity index (χ4n) is 3.03. The first-order valence-corrected chi connectivity index (χ1v) is 8.67. The molecule has 0 aliphatic rings. The van der Waals surface area contributed by atoms with Crippen molar-refractivity contribution in [1.82, 2.24) is 20.2 Å². The predicted molar refractivity (Wildman–Crippen MR) is 107 cm³/mol. The first kappa shape index (κ1) is 17.7. The molecule has 0 atom stereocenters. The minimum absolute atomic E-state index is 0.287. The molecule has 1 aromatic carbocycles. The number of pyridine rings is 1. The fourth-order valence-corrected chi connectivity index (χ4v) is 3.03. The summed E-state index contributed by atoms with van der Waals surface area (Å²) in [5.74, 6) is -0.423. The van der Waals surface area contributed by atoms with E-state index in [9.17, 15) is 9.59 Å². The largest absolute Gasteiger partial charge is 0.462 e. The van der Waals surface area contributed by atoms with Crippen molar-refractivity contribution in [3.63, 3.8) is 0 Å². The van der Waals surface area contributed by atoms with Gasteiger partial charge in [-0.3, -0.25) is 9.78 Å². The van der Waals surface area contributed by atoms with Crippen LogP contribution in [0.3, 0.4) is 0 Å². The maximum atomic E-state index is 12.4. The molecular formula is C20H15BN4O3. The number of nitrogens with zero attached hydrogens (tertiary/aromatic N) is 2. The molecule has 0 saturated carbocycles. The highest BCUT2D eigenvalue weighted by atomic mass is 16.5. The van der Waals surface area contributed by atoms with Crippen molar-refractivity contribution in [1.29, 1.82) is 0 Å². The number of aromatic amines is 2. The number of carbonyl (C=O) groups is 1. The molecule has 7 nitrogen and oxygen atoms in total. The number of aromatic nitrogens is 4. The van der Waals surface area contributed by atoms with Crippen LogP contribution in [0.2, 0.25) is 0 Å². The van der Waals surface area contributed by atoms with Gasteiger partial charge < -0.3 is 9.72 Å². The van der Waals surface area contributed by atoms with Crippen molar-refractivity contribution in [3.05, 3.63) is 64.7 Å². The average molecular weight is 370 g/mol. The van der Waals surface area contributed by atoms with Crippen molar-refractivity contribution >= 4 is 30.2 Å². The number of benzene rings is 1. The lowest BCUT2D eigenvalue weighted by Crippen LogP contribution is -2.16. The molecule has 3 heterocycles. The summed E-state index contributed by atoms with van der Waals surface area (Å²) in [5, 5.41) is 7.24.